The quantitative estimate of drug-likeness (QED) is 0.0223. The Bertz CT molecular complexity index is 2210. The topological polar surface area (TPSA) is 243 Å². The van der Waals surface area contributed by atoms with Crippen LogP contribution in [0.4, 0.5) is 0 Å². The molecule has 21 nitrogen and oxygen atoms in total. The van der Waals surface area contributed by atoms with Gasteiger partial charge in [-0.1, -0.05) is 87.0 Å². The number of aliphatic hydroxyl groups excluding tert-OH is 3. The van der Waals surface area contributed by atoms with Crippen LogP contribution in [0, 0.1) is 58.8 Å². The van der Waals surface area contributed by atoms with Gasteiger partial charge in [0.2, 0.25) is 0 Å². The molecule has 7 aliphatic rings. The van der Waals surface area contributed by atoms with Crippen LogP contribution in [0.2, 0.25) is 34.8 Å². The van der Waals surface area contributed by atoms with Gasteiger partial charge in [0.05, 0.1) is 12.2 Å². The largest absolute Gasteiger partial charge is 0.503 e. The normalized spacial score (nSPS) is 27.8. The molecule has 3 radical (unpaired) electrons. The zero-order chi connectivity index (χ0) is 81.8. The fraction of sp³-hybridized carbons (Fsp3) is 0.962. The number of rotatable bonds is 40. The van der Waals surface area contributed by atoms with E-state index in [9.17, 15) is 19.8 Å². The van der Waals surface area contributed by atoms with E-state index in [0.29, 0.717) is 69.6 Å². The van der Waals surface area contributed by atoms with Crippen LogP contribution in [0.1, 0.15) is 267 Å². The molecule has 0 aliphatic heterocycles. The zero-order valence-corrected chi connectivity index (χ0v) is 85.3. The van der Waals surface area contributed by atoms with Crippen molar-refractivity contribution >= 4 is 99.0 Å². The van der Waals surface area contributed by atoms with Crippen molar-refractivity contribution < 1.29 is 114 Å². The molecule has 2 unspecified atom stereocenters. The van der Waals surface area contributed by atoms with Gasteiger partial charge in [0, 0.05) is 166 Å². The second-order valence-corrected chi connectivity index (χ2v) is 57.4. The van der Waals surface area contributed by atoms with Crippen LogP contribution in [-0.4, -0.2) is 243 Å². The summed E-state index contributed by atoms with van der Waals surface area (Å²) in [6.07, 6.45) is 38.5. The minimum Gasteiger partial charge on any atom is -0.397 e. The van der Waals surface area contributed by atoms with Gasteiger partial charge in [-0.15, -0.1) is 9.04 Å². The number of carbonyl (C=O) groups is 2. The predicted molar refractivity (Wildman–Crippen MR) is 470 cm³/mol. The third-order valence-corrected chi connectivity index (χ3v) is 45.2. The molecular formula is C79H169BO21PSi8V-. The van der Waals surface area contributed by atoms with Gasteiger partial charge in [0.15, 0.2) is 11.8 Å². The first kappa shape index (κ1) is 112. The molecule has 0 amide bonds. The molecule has 7 saturated carbocycles. The zero-order valence-electron chi connectivity index (χ0n) is 73.4. The van der Waals surface area contributed by atoms with E-state index < -0.39 is 52.3 Å². The summed E-state index contributed by atoms with van der Waals surface area (Å²) in [5.74, 6) is 6.70. The molecule has 7 aliphatic carbocycles. The van der Waals surface area contributed by atoms with E-state index in [0.717, 1.165) is 196 Å². The Kier molecular flexibility index (Phi) is 60.8. The Labute approximate surface area is 706 Å². The molecule has 32 heteroatoms. The number of hydrogen-bond acceptors (Lipinski definition) is 21. The molecule has 111 heavy (non-hydrogen) atoms. The molecule has 0 aromatic heterocycles. The van der Waals surface area contributed by atoms with Gasteiger partial charge in [-0.2, -0.15) is 8.46 Å². The van der Waals surface area contributed by atoms with Crippen LogP contribution < -0.4 is 0 Å². The van der Waals surface area contributed by atoms with Crippen molar-refractivity contribution in [2.45, 2.75) is 326 Å². The summed E-state index contributed by atoms with van der Waals surface area (Å²) < 4.78 is 93.6. The Morgan fingerprint density at radius 1 is 0.441 bits per heavy atom. The molecular weight excluding hydrogens is 1600 g/mol. The summed E-state index contributed by atoms with van der Waals surface area (Å²) >= 11 is 0. The fourth-order valence-electron chi connectivity index (χ4n) is 19.3. The van der Waals surface area contributed by atoms with E-state index in [1.54, 1.807) is 106 Å². The van der Waals surface area contributed by atoms with Crippen LogP contribution in [0.25, 0.3) is 0 Å². The molecule has 7 rings (SSSR count). The maximum Gasteiger partial charge on any atom is 0.503 e. The van der Waals surface area contributed by atoms with Crippen LogP contribution in [0.15, 0.2) is 0 Å². The molecule has 0 bridgehead atoms. The summed E-state index contributed by atoms with van der Waals surface area (Å²) in [4.78, 5) is 24.4. The molecule has 3 N–H and O–H groups in total. The molecule has 657 valence electrons. The Morgan fingerprint density at radius 2 is 0.748 bits per heavy atom. The van der Waals surface area contributed by atoms with Crippen molar-refractivity contribution in [1.29, 1.82) is 0 Å². The Balaban J connectivity index is 0.00000188. The summed E-state index contributed by atoms with van der Waals surface area (Å²) in [6, 6.07) is 2.42. The summed E-state index contributed by atoms with van der Waals surface area (Å²) in [6.45, 7) is 17.5. The van der Waals surface area contributed by atoms with Gasteiger partial charge < -0.3 is 102 Å². The predicted octanol–water partition coefficient (Wildman–Crippen LogP) is 15.1. The van der Waals surface area contributed by atoms with Crippen LogP contribution in [0.3, 0.4) is 0 Å². The van der Waals surface area contributed by atoms with E-state index in [1.165, 1.54) is 73.7 Å². The second-order valence-electron chi connectivity index (χ2n) is 33.7. The van der Waals surface area contributed by atoms with E-state index in [1.807, 2.05) is 0 Å². The maximum atomic E-state index is 12.5. The number of aliphatic hydroxyl groups is 3. The smallest absolute Gasteiger partial charge is 0.397 e. The van der Waals surface area contributed by atoms with Crippen molar-refractivity contribution in [2.75, 3.05) is 112 Å². The summed E-state index contributed by atoms with van der Waals surface area (Å²) in [7, 11) is 15.1. The minimum absolute atomic E-state index is 0. The van der Waals surface area contributed by atoms with Gasteiger partial charge in [0.1, 0.15) is 7.57 Å². The van der Waals surface area contributed by atoms with Crippen LogP contribution >= 0.6 is 8.46 Å². The van der Waals surface area contributed by atoms with E-state index in [-0.39, 0.29) is 68.0 Å². The average Bonchev–Trinajstić information content (AvgIpc) is 0.832. The fourth-order valence-corrected chi connectivity index (χ4v) is 33.6. The number of carbonyl (C=O) groups excluding carboxylic acids is 2. The first-order chi connectivity index (χ1) is 52.1. The monoisotopic (exact) mass is 1770 g/mol. The van der Waals surface area contributed by atoms with Crippen molar-refractivity contribution in [2.24, 2.45) is 52.3 Å². The van der Waals surface area contributed by atoms with Crippen LogP contribution in [0.5, 0.6) is 0 Å². The summed E-state index contributed by atoms with van der Waals surface area (Å²) in [5.41, 5.74) is 1.61. The third kappa shape index (κ3) is 37.2. The average molecular weight is 1770 g/mol. The first-order valence-corrected chi connectivity index (χ1v) is 61.8. The third-order valence-electron chi connectivity index (χ3n) is 26.2. The van der Waals surface area contributed by atoms with Gasteiger partial charge in [0.25, 0.3) is 0 Å². The SMILES string of the molecule is C.CC(C)(C1CCC(O)CC1)C1CCC(O)CC1.CCO.CO[Si](C=O)(CCC1CCC([Si](C=O)(OC)OC)CC1)OC1CCC(CC(C)(C)CC2CCC(O[Si](CCC3CCC([Si](OC)(OC)OC)CC3)(OC)OC)CC2)CC1.CO[Si](CCC1CCC([Si](OC)(OC)OC)CC1)(OC)OC.[B]PCCC.[CH2-][SiH2][SiH3].[V]. The molecule has 0 heterocycles. The van der Waals surface area contributed by atoms with Gasteiger partial charge in [-0.25, -0.2) is 0 Å². The maximum absolute atomic E-state index is 12.5. The Hall–Kier alpha value is 1.39. The van der Waals surface area contributed by atoms with Gasteiger partial charge in [-0.3, -0.25) is 0 Å². The second kappa shape index (κ2) is 60.0. The van der Waals surface area contributed by atoms with Crippen molar-refractivity contribution in [3.63, 3.8) is 0 Å². The molecule has 0 saturated heterocycles. The first-order valence-electron chi connectivity index (χ1n) is 42.3. The van der Waals surface area contributed by atoms with Gasteiger partial charge in [-0.05, 0) is 255 Å². The van der Waals surface area contributed by atoms with Crippen LogP contribution in [-0.2, 0) is 99.0 Å². The number of hydrogen-bond donors (Lipinski definition) is 3. The van der Waals surface area contributed by atoms with Crippen molar-refractivity contribution in [3.8, 4) is 0 Å². The summed E-state index contributed by atoms with van der Waals surface area (Å²) in [5, 5.41) is 26.8. The standard InChI is InChI=1S/C43H84O12Si4.C15H28O2.C14H32O6Si2.C3H8BP.C2H6O.CH7Si2.CH4.V/c1-43(2,31-37-11-19-39(20-12-37)54-56(33-44,46-3)29-27-35-15-23-41(24-16-35)57(34-45,47-4)48-5)32-38-13-21-40(22-14-38)55-58(49-6,50-7)30-28-36-17-25-42(26-18-36)59(51-8,52-9)53-10;1-15(2,11-3-7-13(16)8-4-11)12-5-9-14(17)10-6-12;1-15-21(16-2,17-3)12-11-13-7-9-14(10-8-13)22(18-4,19-5)20-6;1-2-3-5-4;1-2-3;1-3-2;;/h33-42H,11-32H2,1-10H3;11-14,16-17H,3-10H2,1-2H3;13-14H,7-12H2,1-6H3;5H,2-3H2,1H3;3H,2H2,1H3;1,3H2,2H3;1H4;/q;;;;;-1;;. The Morgan fingerprint density at radius 3 is 1.02 bits per heavy atom. The molecule has 0 spiro atoms. The minimum atomic E-state index is -2.95. The van der Waals surface area contributed by atoms with E-state index in [4.69, 9.17) is 83.5 Å². The molecule has 7 fully saturated rings. The van der Waals surface area contributed by atoms with E-state index in [2.05, 4.69) is 41.2 Å². The molecule has 2 atom stereocenters. The van der Waals surface area contributed by atoms with Gasteiger partial charge >= 0.3 is 52.3 Å². The molecule has 0 aromatic carbocycles. The molecule has 0 aromatic rings. The van der Waals surface area contributed by atoms with Crippen molar-refractivity contribution in [1.82, 2.24) is 0 Å². The van der Waals surface area contributed by atoms with E-state index >= 15 is 0 Å². The van der Waals surface area contributed by atoms with Crippen molar-refractivity contribution in [3.05, 3.63) is 6.55 Å².